The Balaban J connectivity index is 1.57. The molecule has 0 atom stereocenters. The van der Waals surface area contributed by atoms with Gasteiger partial charge < -0.3 is 20.9 Å². The smallest absolute Gasteiger partial charge is 0.416 e. The second-order valence-electron chi connectivity index (χ2n) is 5.70. The molecule has 146 valence electrons. The third-order valence-electron chi connectivity index (χ3n) is 3.72. The molecule has 0 saturated heterocycles. The number of nitrogen functional groups attached to an aromatic ring is 2. The second-order valence-corrected chi connectivity index (χ2v) is 5.70. The molecular formula is C18H16F3N5O2. The molecule has 3 aromatic rings. The van der Waals surface area contributed by atoms with Gasteiger partial charge in [-0.05, 0) is 23.8 Å². The van der Waals surface area contributed by atoms with Crippen LogP contribution in [0.1, 0.15) is 11.1 Å². The number of alkyl halides is 3. The van der Waals surface area contributed by atoms with E-state index >= 15 is 0 Å². The molecule has 3 rings (SSSR count). The van der Waals surface area contributed by atoms with Crippen LogP contribution < -0.4 is 20.9 Å². The molecule has 0 aliphatic carbocycles. The van der Waals surface area contributed by atoms with Gasteiger partial charge in [0.05, 0.1) is 12.2 Å². The van der Waals surface area contributed by atoms with Gasteiger partial charge >= 0.3 is 6.18 Å². The van der Waals surface area contributed by atoms with Crippen LogP contribution in [0.4, 0.5) is 24.7 Å². The predicted molar refractivity (Wildman–Crippen MR) is 95.8 cm³/mol. The number of nitrogens with two attached hydrogens (primary N) is 2. The van der Waals surface area contributed by atoms with Gasteiger partial charge in [-0.1, -0.05) is 12.1 Å². The Morgan fingerprint density at radius 3 is 2.43 bits per heavy atom. The van der Waals surface area contributed by atoms with Crippen molar-refractivity contribution in [3.8, 4) is 17.5 Å². The average Bonchev–Trinajstić information content (AvgIpc) is 2.66. The van der Waals surface area contributed by atoms with Crippen molar-refractivity contribution >= 4 is 11.5 Å². The Labute approximate surface area is 158 Å². The van der Waals surface area contributed by atoms with E-state index in [9.17, 15) is 13.2 Å². The first-order valence-electron chi connectivity index (χ1n) is 8.12. The molecule has 0 radical (unpaired) electrons. The van der Waals surface area contributed by atoms with Crippen molar-refractivity contribution < 1.29 is 22.6 Å². The predicted octanol–water partition coefficient (Wildman–Crippen LogP) is 3.47. The van der Waals surface area contributed by atoms with Crippen LogP contribution in [0, 0.1) is 0 Å². The Kier molecular flexibility index (Phi) is 5.48. The Bertz CT molecular complexity index is 949. The Morgan fingerprint density at radius 1 is 0.964 bits per heavy atom. The summed E-state index contributed by atoms with van der Waals surface area (Å²) in [4.78, 5) is 11.5. The molecule has 7 nitrogen and oxygen atoms in total. The number of hydrogen-bond acceptors (Lipinski definition) is 7. The lowest BCUT2D eigenvalue weighted by atomic mass is 10.1. The third kappa shape index (κ3) is 4.78. The highest BCUT2D eigenvalue weighted by Gasteiger charge is 2.31. The third-order valence-corrected chi connectivity index (χ3v) is 3.72. The summed E-state index contributed by atoms with van der Waals surface area (Å²) in [6.45, 7) is 0.302. The fourth-order valence-electron chi connectivity index (χ4n) is 2.26. The zero-order valence-corrected chi connectivity index (χ0v) is 14.5. The molecule has 0 unspecified atom stereocenters. The SMILES string of the molecule is Nc1ncnc(OCCc2ccc(Oc3cc(C(F)(F)F)ccn3)cc2)c1N. The van der Waals surface area contributed by atoms with Crippen molar-refractivity contribution in [1.82, 2.24) is 15.0 Å². The number of halogens is 3. The lowest BCUT2D eigenvalue weighted by Crippen LogP contribution is -2.07. The van der Waals surface area contributed by atoms with E-state index in [-0.39, 0.29) is 23.3 Å². The summed E-state index contributed by atoms with van der Waals surface area (Å²) in [5, 5.41) is 0. The first-order valence-corrected chi connectivity index (χ1v) is 8.12. The zero-order chi connectivity index (χ0) is 20.1. The number of anilines is 2. The second kappa shape index (κ2) is 7.99. The minimum absolute atomic E-state index is 0.136. The fraction of sp³-hybridized carbons (Fsp3) is 0.167. The molecule has 0 aliphatic rings. The number of rotatable bonds is 6. The summed E-state index contributed by atoms with van der Waals surface area (Å²) in [7, 11) is 0. The highest BCUT2D eigenvalue weighted by molar-refractivity contribution is 5.63. The summed E-state index contributed by atoms with van der Waals surface area (Å²) in [5.41, 5.74) is 11.6. The molecule has 0 spiro atoms. The van der Waals surface area contributed by atoms with Crippen LogP contribution in [0.5, 0.6) is 17.5 Å². The normalized spacial score (nSPS) is 11.2. The van der Waals surface area contributed by atoms with Gasteiger partial charge in [0.25, 0.3) is 0 Å². The summed E-state index contributed by atoms with van der Waals surface area (Å²) in [5.74, 6) is 0.588. The van der Waals surface area contributed by atoms with Gasteiger partial charge in [0.2, 0.25) is 11.8 Å². The molecule has 1 aromatic carbocycles. The van der Waals surface area contributed by atoms with Gasteiger partial charge in [0, 0.05) is 18.7 Å². The highest BCUT2D eigenvalue weighted by atomic mass is 19.4. The van der Waals surface area contributed by atoms with Gasteiger partial charge in [0.1, 0.15) is 17.8 Å². The molecule has 0 amide bonds. The monoisotopic (exact) mass is 391 g/mol. The minimum atomic E-state index is -4.46. The maximum Gasteiger partial charge on any atom is 0.416 e. The molecule has 4 N–H and O–H groups in total. The quantitative estimate of drug-likeness (QED) is 0.662. The van der Waals surface area contributed by atoms with Crippen molar-refractivity contribution in [1.29, 1.82) is 0 Å². The van der Waals surface area contributed by atoms with Crippen LogP contribution in [0.3, 0.4) is 0 Å². The van der Waals surface area contributed by atoms with E-state index in [4.69, 9.17) is 20.9 Å². The first-order chi connectivity index (χ1) is 13.3. The van der Waals surface area contributed by atoms with Gasteiger partial charge in [0.15, 0.2) is 5.82 Å². The number of pyridine rings is 1. The summed E-state index contributed by atoms with van der Waals surface area (Å²) < 4.78 is 49.1. The maximum absolute atomic E-state index is 12.7. The van der Waals surface area contributed by atoms with Crippen molar-refractivity contribution in [3.63, 3.8) is 0 Å². The fourth-order valence-corrected chi connectivity index (χ4v) is 2.26. The van der Waals surface area contributed by atoms with Crippen molar-refractivity contribution in [3.05, 3.63) is 60.0 Å². The molecule has 0 aliphatic heterocycles. The average molecular weight is 391 g/mol. The molecule has 0 saturated carbocycles. The van der Waals surface area contributed by atoms with E-state index in [1.165, 1.54) is 6.33 Å². The van der Waals surface area contributed by atoms with Crippen molar-refractivity contribution in [2.75, 3.05) is 18.1 Å². The number of hydrogen-bond donors (Lipinski definition) is 2. The van der Waals surface area contributed by atoms with Gasteiger partial charge in [-0.2, -0.15) is 18.2 Å². The Morgan fingerprint density at radius 2 is 1.71 bits per heavy atom. The van der Waals surface area contributed by atoms with Crippen LogP contribution in [0.15, 0.2) is 48.9 Å². The van der Waals surface area contributed by atoms with Crippen LogP contribution >= 0.6 is 0 Å². The minimum Gasteiger partial charge on any atom is -0.476 e. The molecular weight excluding hydrogens is 375 g/mol. The molecule has 10 heteroatoms. The van der Waals surface area contributed by atoms with E-state index in [0.29, 0.717) is 18.8 Å². The van der Waals surface area contributed by atoms with Crippen molar-refractivity contribution in [2.24, 2.45) is 0 Å². The number of benzene rings is 1. The van der Waals surface area contributed by atoms with E-state index in [0.717, 1.165) is 23.9 Å². The van der Waals surface area contributed by atoms with E-state index in [2.05, 4.69) is 15.0 Å². The largest absolute Gasteiger partial charge is 0.476 e. The topological polar surface area (TPSA) is 109 Å². The van der Waals surface area contributed by atoms with Crippen LogP contribution in [-0.2, 0) is 12.6 Å². The zero-order valence-electron chi connectivity index (χ0n) is 14.5. The van der Waals surface area contributed by atoms with Crippen LogP contribution in [0.25, 0.3) is 0 Å². The van der Waals surface area contributed by atoms with Crippen LogP contribution in [0.2, 0.25) is 0 Å². The number of ether oxygens (including phenoxy) is 2. The van der Waals surface area contributed by atoms with E-state index in [1.54, 1.807) is 24.3 Å². The van der Waals surface area contributed by atoms with E-state index < -0.39 is 11.7 Å². The van der Waals surface area contributed by atoms with Gasteiger partial charge in [-0.3, -0.25) is 0 Å². The maximum atomic E-state index is 12.7. The molecule has 0 bridgehead atoms. The number of aromatic nitrogens is 3. The summed E-state index contributed by atoms with van der Waals surface area (Å²) >= 11 is 0. The molecule has 2 heterocycles. The standard InChI is InChI=1S/C18H16F3N5O2/c19-18(20,21)12-5-7-24-14(9-12)28-13-3-1-11(2-4-13)6-8-27-17-15(22)16(23)25-10-26-17/h1-5,7,9-10H,6,8,22H2,(H2,23,25,26). The lowest BCUT2D eigenvalue weighted by Gasteiger charge is -2.10. The van der Waals surface area contributed by atoms with E-state index in [1.807, 2.05) is 0 Å². The molecule has 2 aromatic heterocycles. The highest BCUT2D eigenvalue weighted by Crippen LogP contribution is 2.31. The lowest BCUT2D eigenvalue weighted by molar-refractivity contribution is -0.137. The molecule has 28 heavy (non-hydrogen) atoms. The number of nitrogens with zero attached hydrogens (tertiary/aromatic N) is 3. The summed E-state index contributed by atoms with van der Waals surface area (Å²) in [6.07, 6.45) is -1.60. The molecule has 0 fully saturated rings. The summed E-state index contributed by atoms with van der Waals surface area (Å²) in [6, 6.07) is 8.53. The van der Waals surface area contributed by atoms with Gasteiger partial charge in [-0.25, -0.2) is 9.97 Å². The first kappa shape index (κ1) is 19.2. The van der Waals surface area contributed by atoms with Gasteiger partial charge in [-0.15, -0.1) is 0 Å². The Hall–Kier alpha value is -3.56. The van der Waals surface area contributed by atoms with Crippen molar-refractivity contribution in [2.45, 2.75) is 12.6 Å². The van der Waals surface area contributed by atoms with Crippen LogP contribution in [-0.4, -0.2) is 21.6 Å².